The summed E-state index contributed by atoms with van der Waals surface area (Å²) >= 11 is 0. The van der Waals surface area contributed by atoms with Gasteiger partial charge in [0, 0.05) is 18.2 Å². The van der Waals surface area contributed by atoms with Crippen molar-refractivity contribution in [3.05, 3.63) is 59.9 Å². The molecule has 1 saturated carbocycles. The molecule has 0 bridgehead atoms. The predicted molar refractivity (Wildman–Crippen MR) is 120 cm³/mol. The lowest BCUT2D eigenvalue weighted by atomic mass is 9.81. The summed E-state index contributed by atoms with van der Waals surface area (Å²) in [6.07, 6.45) is 2.72. The third-order valence-corrected chi connectivity index (χ3v) is 7.08. The fourth-order valence-corrected chi connectivity index (χ4v) is 4.86. The van der Waals surface area contributed by atoms with E-state index in [1.54, 1.807) is 30.3 Å². The quantitative estimate of drug-likeness (QED) is 0.562. The fourth-order valence-electron chi connectivity index (χ4n) is 3.74. The van der Waals surface area contributed by atoms with Gasteiger partial charge in [-0.05, 0) is 68.9 Å². The molecule has 1 aliphatic rings. The average molecular weight is 462 g/mol. The van der Waals surface area contributed by atoms with Gasteiger partial charge in [0.2, 0.25) is 21.8 Å². The normalized spacial score (nSPS) is 18.7. The summed E-state index contributed by atoms with van der Waals surface area (Å²) in [6.45, 7) is 2.04. The molecule has 172 valence electrons. The van der Waals surface area contributed by atoms with Gasteiger partial charge in [0.05, 0.1) is 11.4 Å². The van der Waals surface area contributed by atoms with Crippen LogP contribution in [0.4, 0.5) is 10.1 Å². The van der Waals surface area contributed by atoms with Gasteiger partial charge in [0.1, 0.15) is 5.82 Å². The highest BCUT2D eigenvalue weighted by atomic mass is 32.2. The molecule has 0 atom stereocenters. The van der Waals surface area contributed by atoms with E-state index in [0.29, 0.717) is 25.1 Å². The summed E-state index contributed by atoms with van der Waals surface area (Å²) < 4.78 is 40.7. The second-order valence-electron chi connectivity index (χ2n) is 8.16. The molecule has 3 rings (SSSR count). The van der Waals surface area contributed by atoms with Gasteiger partial charge in [-0.15, -0.1) is 0 Å². The van der Waals surface area contributed by atoms with Crippen molar-refractivity contribution in [2.45, 2.75) is 37.5 Å². The van der Waals surface area contributed by atoms with E-state index in [1.807, 2.05) is 6.92 Å². The first-order valence-electron chi connectivity index (χ1n) is 10.6. The molecular formula is C23H28FN3O4S. The molecule has 32 heavy (non-hydrogen) atoms. The number of carbonyl (C=O) groups excluding carboxylic acids is 2. The van der Waals surface area contributed by atoms with Gasteiger partial charge in [-0.25, -0.2) is 17.5 Å². The Bertz CT molecular complexity index is 1050. The van der Waals surface area contributed by atoms with Gasteiger partial charge >= 0.3 is 0 Å². The number of amides is 2. The minimum absolute atomic E-state index is 0.163. The minimum Gasteiger partial charge on any atom is -0.347 e. The zero-order chi connectivity index (χ0) is 23.1. The summed E-state index contributed by atoms with van der Waals surface area (Å²) in [6, 6.07) is 12.2. The van der Waals surface area contributed by atoms with Gasteiger partial charge in [-0.2, -0.15) is 0 Å². The number of rotatable bonds is 8. The van der Waals surface area contributed by atoms with Crippen LogP contribution in [0.3, 0.4) is 0 Å². The number of nitrogens with one attached hydrogen (secondary N) is 3. The van der Waals surface area contributed by atoms with Crippen LogP contribution in [0.25, 0.3) is 0 Å². The van der Waals surface area contributed by atoms with Crippen LogP contribution in [0.5, 0.6) is 0 Å². The van der Waals surface area contributed by atoms with Crippen molar-refractivity contribution in [2.24, 2.45) is 11.8 Å². The molecule has 0 unspecified atom stereocenters. The zero-order valence-electron chi connectivity index (χ0n) is 17.9. The standard InChI is InChI=1S/C23H28FN3O4S/c1-16-5-11-21(12-6-16)32(30,31)26-14-17-7-9-18(10-8-17)23(29)25-15-22(28)27-20-4-2-3-19(24)13-20/h2-6,11-13,17-18,26H,7-10,14-15H2,1H3,(H,25,29)(H,27,28). The van der Waals surface area contributed by atoms with Crippen LogP contribution in [0, 0.1) is 24.6 Å². The third kappa shape index (κ3) is 6.86. The Morgan fingerprint density at radius 3 is 2.38 bits per heavy atom. The molecule has 9 heteroatoms. The number of sulfonamides is 1. The molecule has 0 heterocycles. The molecule has 0 spiro atoms. The molecule has 2 aromatic carbocycles. The first kappa shape index (κ1) is 23.9. The maximum absolute atomic E-state index is 13.2. The van der Waals surface area contributed by atoms with Crippen molar-refractivity contribution in [3.63, 3.8) is 0 Å². The summed E-state index contributed by atoms with van der Waals surface area (Å²) in [4.78, 5) is 24.6. The van der Waals surface area contributed by atoms with E-state index >= 15 is 0 Å². The number of anilines is 1. The van der Waals surface area contributed by atoms with Crippen molar-refractivity contribution >= 4 is 27.5 Å². The smallest absolute Gasteiger partial charge is 0.243 e. The molecule has 2 aromatic rings. The summed E-state index contributed by atoms with van der Waals surface area (Å²) in [7, 11) is -3.55. The van der Waals surface area contributed by atoms with Crippen molar-refractivity contribution in [3.8, 4) is 0 Å². The van der Waals surface area contributed by atoms with Crippen LogP contribution in [0.1, 0.15) is 31.2 Å². The van der Waals surface area contributed by atoms with Crippen LogP contribution in [-0.2, 0) is 19.6 Å². The second-order valence-corrected chi connectivity index (χ2v) is 9.93. The van der Waals surface area contributed by atoms with E-state index in [2.05, 4.69) is 15.4 Å². The molecule has 1 aliphatic carbocycles. The van der Waals surface area contributed by atoms with E-state index in [-0.39, 0.29) is 29.2 Å². The Morgan fingerprint density at radius 1 is 1.03 bits per heavy atom. The summed E-state index contributed by atoms with van der Waals surface area (Å²) in [5, 5.41) is 5.16. The van der Waals surface area contributed by atoms with Gasteiger partial charge < -0.3 is 10.6 Å². The summed E-state index contributed by atoms with van der Waals surface area (Å²) in [5.41, 5.74) is 1.32. The topological polar surface area (TPSA) is 104 Å². The highest BCUT2D eigenvalue weighted by Crippen LogP contribution is 2.29. The van der Waals surface area contributed by atoms with Crippen molar-refractivity contribution < 1.29 is 22.4 Å². The maximum atomic E-state index is 13.2. The SMILES string of the molecule is Cc1ccc(S(=O)(=O)NCC2CCC(C(=O)NCC(=O)Nc3cccc(F)c3)CC2)cc1. The lowest BCUT2D eigenvalue weighted by molar-refractivity contribution is -0.128. The number of halogens is 1. The molecule has 0 aliphatic heterocycles. The molecule has 0 saturated heterocycles. The Morgan fingerprint density at radius 2 is 1.72 bits per heavy atom. The van der Waals surface area contributed by atoms with Gasteiger partial charge in [-0.1, -0.05) is 23.8 Å². The van der Waals surface area contributed by atoms with Gasteiger partial charge in [0.15, 0.2) is 0 Å². The Balaban J connectivity index is 1.38. The van der Waals surface area contributed by atoms with E-state index in [0.717, 1.165) is 18.4 Å². The summed E-state index contributed by atoms with van der Waals surface area (Å²) in [5.74, 6) is -1.12. The van der Waals surface area contributed by atoms with Crippen molar-refractivity contribution in [1.82, 2.24) is 10.0 Å². The van der Waals surface area contributed by atoms with Crippen molar-refractivity contribution in [2.75, 3.05) is 18.4 Å². The molecule has 2 amide bonds. The molecule has 7 nitrogen and oxygen atoms in total. The number of hydrogen-bond donors (Lipinski definition) is 3. The van der Waals surface area contributed by atoms with Crippen LogP contribution in [0.2, 0.25) is 0 Å². The number of benzene rings is 2. The van der Waals surface area contributed by atoms with E-state index in [9.17, 15) is 22.4 Å². The van der Waals surface area contributed by atoms with E-state index in [1.165, 1.54) is 18.2 Å². The molecule has 3 N–H and O–H groups in total. The van der Waals surface area contributed by atoms with Crippen molar-refractivity contribution in [1.29, 1.82) is 0 Å². The number of hydrogen-bond acceptors (Lipinski definition) is 4. The monoisotopic (exact) mass is 461 g/mol. The van der Waals surface area contributed by atoms with Crippen LogP contribution in [-0.4, -0.2) is 33.3 Å². The minimum atomic E-state index is -3.55. The molecule has 1 fully saturated rings. The van der Waals surface area contributed by atoms with Crippen LogP contribution >= 0.6 is 0 Å². The van der Waals surface area contributed by atoms with Gasteiger partial charge in [0.25, 0.3) is 0 Å². The largest absolute Gasteiger partial charge is 0.347 e. The van der Waals surface area contributed by atoms with Crippen LogP contribution in [0.15, 0.2) is 53.4 Å². The number of carbonyl (C=O) groups is 2. The number of aryl methyl sites for hydroxylation is 1. The predicted octanol–water partition coefficient (Wildman–Crippen LogP) is 2.97. The molecule has 0 radical (unpaired) electrons. The highest BCUT2D eigenvalue weighted by molar-refractivity contribution is 7.89. The molecule has 0 aromatic heterocycles. The zero-order valence-corrected chi connectivity index (χ0v) is 18.8. The first-order valence-corrected chi connectivity index (χ1v) is 12.1. The lowest BCUT2D eigenvalue weighted by Gasteiger charge is -2.27. The third-order valence-electron chi connectivity index (χ3n) is 5.64. The maximum Gasteiger partial charge on any atom is 0.243 e. The first-order chi connectivity index (χ1) is 15.2. The highest BCUT2D eigenvalue weighted by Gasteiger charge is 2.27. The fraction of sp³-hybridized carbons (Fsp3) is 0.391. The Hall–Kier alpha value is -2.78. The molecular weight excluding hydrogens is 433 g/mol. The van der Waals surface area contributed by atoms with E-state index < -0.39 is 21.7 Å². The lowest BCUT2D eigenvalue weighted by Crippen LogP contribution is -2.39. The Kier molecular flexibility index (Phi) is 7.98. The van der Waals surface area contributed by atoms with E-state index in [4.69, 9.17) is 0 Å². The second kappa shape index (κ2) is 10.7. The Labute approximate surface area is 187 Å². The average Bonchev–Trinajstić information content (AvgIpc) is 2.77. The van der Waals surface area contributed by atoms with Gasteiger partial charge in [-0.3, -0.25) is 9.59 Å². The van der Waals surface area contributed by atoms with Crippen LogP contribution < -0.4 is 15.4 Å².